The van der Waals surface area contributed by atoms with Gasteiger partial charge in [-0.2, -0.15) is 0 Å². The Balaban J connectivity index is 1.67. The summed E-state index contributed by atoms with van der Waals surface area (Å²) < 4.78 is 0. The second kappa shape index (κ2) is 7.29. The van der Waals surface area contributed by atoms with Crippen molar-refractivity contribution in [3.63, 3.8) is 0 Å². The molecule has 5 rings (SSSR count). The van der Waals surface area contributed by atoms with Crippen LogP contribution in [0, 0.1) is 0 Å². The number of aromatic carboxylic acids is 1. The summed E-state index contributed by atoms with van der Waals surface area (Å²) in [5.41, 5.74) is 5.62. The number of rotatable bonds is 4. The second-order valence-electron chi connectivity index (χ2n) is 6.97. The summed E-state index contributed by atoms with van der Waals surface area (Å²) in [5, 5.41) is 10.2. The van der Waals surface area contributed by atoms with Gasteiger partial charge in [-0.1, -0.05) is 60.7 Å². The number of H-pyrrole nitrogens is 1. The molecule has 2 heterocycles. The SMILES string of the molecule is O=C(O)c1ccc(-c2nc(-c3cnc4ccccc4c3)c(-c3ccccc3)[nH]2)cc1. The second-order valence-corrected chi connectivity index (χ2v) is 6.97. The first-order chi connectivity index (χ1) is 14.7. The number of fused-ring (bicyclic) bond motifs is 1. The van der Waals surface area contributed by atoms with Crippen LogP contribution in [0.25, 0.3) is 44.8 Å². The molecule has 0 fully saturated rings. The lowest BCUT2D eigenvalue weighted by molar-refractivity contribution is 0.0697. The molecule has 5 heteroatoms. The Morgan fingerprint density at radius 3 is 2.30 bits per heavy atom. The Bertz CT molecular complexity index is 1360. The first-order valence-electron chi connectivity index (χ1n) is 9.53. The van der Waals surface area contributed by atoms with Crippen LogP contribution in [0.5, 0.6) is 0 Å². The minimum absolute atomic E-state index is 0.243. The van der Waals surface area contributed by atoms with E-state index in [-0.39, 0.29) is 5.56 Å². The maximum atomic E-state index is 11.2. The number of hydrogen-bond acceptors (Lipinski definition) is 3. The molecule has 30 heavy (non-hydrogen) atoms. The molecular weight excluding hydrogens is 374 g/mol. The highest BCUT2D eigenvalue weighted by Gasteiger charge is 2.16. The Hall–Kier alpha value is -4.25. The van der Waals surface area contributed by atoms with Crippen LogP contribution >= 0.6 is 0 Å². The molecule has 0 aliphatic rings. The van der Waals surface area contributed by atoms with E-state index in [2.05, 4.69) is 16.0 Å². The molecule has 2 N–H and O–H groups in total. The fourth-order valence-corrected chi connectivity index (χ4v) is 3.50. The summed E-state index contributed by atoms with van der Waals surface area (Å²) in [7, 11) is 0. The molecule has 5 aromatic rings. The normalized spacial score (nSPS) is 10.9. The quantitative estimate of drug-likeness (QED) is 0.414. The lowest BCUT2D eigenvalue weighted by atomic mass is 10.0. The predicted molar refractivity (Wildman–Crippen MR) is 117 cm³/mol. The van der Waals surface area contributed by atoms with E-state index in [1.165, 1.54) is 0 Å². The number of carbonyl (C=O) groups is 1. The van der Waals surface area contributed by atoms with E-state index in [1.54, 1.807) is 24.3 Å². The molecule has 0 amide bonds. The molecule has 0 aliphatic carbocycles. The molecule has 0 radical (unpaired) electrons. The number of pyridine rings is 1. The first kappa shape index (κ1) is 17.8. The number of para-hydroxylation sites is 1. The average Bonchev–Trinajstić information content (AvgIpc) is 3.25. The molecule has 3 aromatic carbocycles. The zero-order valence-corrected chi connectivity index (χ0v) is 15.9. The van der Waals surface area contributed by atoms with E-state index in [0.717, 1.165) is 39.0 Å². The first-order valence-corrected chi connectivity index (χ1v) is 9.53. The molecule has 0 saturated carbocycles. The van der Waals surface area contributed by atoms with Gasteiger partial charge in [0.25, 0.3) is 0 Å². The maximum absolute atomic E-state index is 11.2. The topological polar surface area (TPSA) is 78.9 Å². The molecule has 0 spiro atoms. The fraction of sp³-hybridized carbons (Fsp3) is 0. The highest BCUT2D eigenvalue weighted by molar-refractivity contribution is 5.89. The molecular formula is C25H17N3O2. The van der Waals surface area contributed by atoms with Crippen molar-refractivity contribution in [2.75, 3.05) is 0 Å². The van der Waals surface area contributed by atoms with Crippen LogP contribution in [0.3, 0.4) is 0 Å². The van der Waals surface area contributed by atoms with Gasteiger partial charge < -0.3 is 10.1 Å². The summed E-state index contributed by atoms with van der Waals surface area (Å²) in [4.78, 5) is 24.0. The lowest BCUT2D eigenvalue weighted by Crippen LogP contribution is -1.95. The van der Waals surface area contributed by atoms with Crippen molar-refractivity contribution in [2.24, 2.45) is 0 Å². The molecule has 0 atom stereocenters. The van der Waals surface area contributed by atoms with Crippen molar-refractivity contribution < 1.29 is 9.90 Å². The Kier molecular flexibility index (Phi) is 4.33. The highest BCUT2D eigenvalue weighted by atomic mass is 16.4. The van der Waals surface area contributed by atoms with Gasteiger partial charge in [0.15, 0.2) is 0 Å². The van der Waals surface area contributed by atoms with E-state index < -0.39 is 5.97 Å². The fourth-order valence-electron chi connectivity index (χ4n) is 3.50. The lowest BCUT2D eigenvalue weighted by Gasteiger charge is -2.04. The number of aromatic nitrogens is 3. The Morgan fingerprint density at radius 2 is 1.53 bits per heavy atom. The van der Waals surface area contributed by atoms with Crippen molar-refractivity contribution in [1.29, 1.82) is 0 Å². The molecule has 144 valence electrons. The van der Waals surface area contributed by atoms with Gasteiger partial charge in [0.2, 0.25) is 0 Å². The summed E-state index contributed by atoms with van der Waals surface area (Å²) >= 11 is 0. The monoisotopic (exact) mass is 391 g/mol. The van der Waals surface area contributed by atoms with Crippen LogP contribution in [0.15, 0.2) is 91.1 Å². The number of nitrogens with zero attached hydrogens (tertiary/aromatic N) is 2. The van der Waals surface area contributed by atoms with Gasteiger partial charge in [-0.25, -0.2) is 9.78 Å². The van der Waals surface area contributed by atoms with Gasteiger partial charge in [0.05, 0.1) is 22.5 Å². The Morgan fingerprint density at radius 1 is 0.800 bits per heavy atom. The van der Waals surface area contributed by atoms with Crippen LogP contribution in [0.1, 0.15) is 10.4 Å². The maximum Gasteiger partial charge on any atom is 0.335 e. The molecule has 0 unspecified atom stereocenters. The summed E-state index contributed by atoms with van der Waals surface area (Å²) in [6, 6.07) is 26.8. The van der Waals surface area contributed by atoms with Gasteiger partial charge in [0, 0.05) is 28.3 Å². The molecule has 0 aliphatic heterocycles. The number of benzene rings is 3. The van der Waals surface area contributed by atoms with Gasteiger partial charge >= 0.3 is 5.97 Å². The average molecular weight is 391 g/mol. The van der Waals surface area contributed by atoms with Crippen LogP contribution in [0.2, 0.25) is 0 Å². The third-order valence-electron chi connectivity index (χ3n) is 5.04. The van der Waals surface area contributed by atoms with Crippen molar-refractivity contribution in [3.8, 4) is 33.9 Å². The van der Waals surface area contributed by atoms with Crippen LogP contribution in [-0.2, 0) is 0 Å². The summed E-state index contributed by atoms with van der Waals surface area (Å²) in [6.07, 6.45) is 1.84. The van der Waals surface area contributed by atoms with Gasteiger partial charge in [-0.3, -0.25) is 4.98 Å². The van der Waals surface area contributed by atoms with E-state index in [1.807, 2.05) is 60.8 Å². The van der Waals surface area contributed by atoms with Crippen LogP contribution in [-0.4, -0.2) is 26.0 Å². The molecule has 0 bridgehead atoms. The van der Waals surface area contributed by atoms with Crippen LogP contribution in [0.4, 0.5) is 0 Å². The zero-order chi connectivity index (χ0) is 20.5. The number of nitrogens with one attached hydrogen (secondary N) is 1. The van der Waals surface area contributed by atoms with Crippen molar-refractivity contribution in [2.45, 2.75) is 0 Å². The third-order valence-corrected chi connectivity index (χ3v) is 5.04. The zero-order valence-electron chi connectivity index (χ0n) is 15.9. The van der Waals surface area contributed by atoms with Gasteiger partial charge in [-0.05, 0) is 24.3 Å². The third kappa shape index (κ3) is 3.22. The smallest absolute Gasteiger partial charge is 0.335 e. The number of aromatic amines is 1. The molecule has 5 nitrogen and oxygen atoms in total. The summed E-state index contributed by atoms with van der Waals surface area (Å²) in [5.74, 6) is -0.275. The predicted octanol–water partition coefficient (Wildman–Crippen LogP) is 5.66. The van der Waals surface area contributed by atoms with Crippen molar-refractivity contribution in [1.82, 2.24) is 15.0 Å². The molecule has 2 aromatic heterocycles. The Labute approximate surface area is 172 Å². The minimum atomic E-state index is -0.950. The van der Waals surface area contributed by atoms with E-state index in [4.69, 9.17) is 10.1 Å². The van der Waals surface area contributed by atoms with Crippen LogP contribution < -0.4 is 0 Å². The number of carboxylic acid groups (broad SMARTS) is 1. The minimum Gasteiger partial charge on any atom is -0.478 e. The van der Waals surface area contributed by atoms with E-state index in [0.29, 0.717) is 5.82 Å². The van der Waals surface area contributed by atoms with Crippen molar-refractivity contribution in [3.05, 3.63) is 96.7 Å². The molecule has 0 saturated heterocycles. The number of hydrogen-bond donors (Lipinski definition) is 2. The number of carboxylic acids is 1. The highest BCUT2D eigenvalue weighted by Crippen LogP contribution is 2.33. The van der Waals surface area contributed by atoms with E-state index >= 15 is 0 Å². The van der Waals surface area contributed by atoms with E-state index in [9.17, 15) is 4.79 Å². The van der Waals surface area contributed by atoms with Gasteiger partial charge in [-0.15, -0.1) is 0 Å². The standard InChI is InChI=1S/C25H17N3O2/c29-25(30)18-12-10-17(11-13-18)24-27-22(16-6-2-1-3-7-16)23(28-24)20-14-19-8-4-5-9-21(19)26-15-20/h1-15H,(H,27,28)(H,29,30). The van der Waals surface area contributed by atoms with Gasteiger partial charge in [0.1, 0.15) is 5.82 Å². The van der Waals surface area contributed by atoms with Crippen molar-refractivity contribution >= 4 is 16.9 Å². The largest absolute Gasteiger partial charge is 0.478 e. The number of imidazole rings is 1. The summed E-state index contributed by atoms with van der Waals surface area (Å²) in [6.45, 7) is 0.